The Hall–Kier alpha value is 0.1000. The third kappa shape index (κ3) is 6.00. The predicted molar refractivity (Wildman–Crippen MR) is 55.9 cm³/mol. The van der Waals surface area contributed by atoms with Gasteiger partial charge in [0.15, 0.2) is 7.60 Å². The van der Waals surface area contributed by atoms with Crippen LogP contribution in [0.15, 0.2) is 0 Å². The molecule has 0 saturated carbocycles. The third-order valence-electron chi connectivity index (χ3n) is 1.64. The summed E-state index contributed by atoms with van der Waals surface area (Å²) in [6, 6.07) is 0. The van der Waals surface area contributed by atoms with Crippen LogP contribution in [0.5, 0.6) is 0 Å². The van der Waals surface area contributed by atoms with E-state index in [9.17, 15) is 19.1 Å². The van der Waals surface area contributed by atoms with Gasteiger partial charge in [-0.1, -0.05) is 0 Å². The van der Waals surface area contributed by atoms with Crippen molar-refractivity contribution in [2.75, 3.05) is 6.54 Å². The second-order valence-electron chi connectivity index (χ2n) is 2.73. The molecule has 2 atom stereocenters. The van der Waals surface area contributed by atoms with Crippen molar-refractivity contribution >= 4 is 15.2 Å². The van der Waals surface area contributed by atoms with Crippen LogP contribution in [0, 0.1) is 0 Å². The zero-order valence-corrected chi connectivity index (χ0v) is 10.4. The molecule has 0 amide bonds. The van der Waals surface area contributed by atoms with Gasteiger partial charge in [-0.05, 0) is 19.4 Å². The van der Waals surface area contributed by atoms with Crippen LogP contribution in [0.3, 0.4) is 0 Å². The molecule has 0 aliphatic carbocycles. The van der Waals surface area contributed by atoms with Crippen LogP contribution in [0.4, 0.5) is 0 Å². The molecule has 0 aromatic carbocycles. The average molecular weight is 302 g/mol. The summed E-state index contributed by atoms with van der Waals surface area (Å²) >= 11 is 0. The monoisotopic (exact) mass is 302 g/mol. The topological polar surface area (TPSA) is 259 Å². The Morgan fingerprint density at radius 2 is 1.47 bits per heavy atom. The molecular formula is C4H18NO10P2-. The maximum absolute atomic E-state index is 10.7. The quantitative estimate of drug-likeness (QED) is 0.309. The summed E-state index contributed by atoms with van der Waals surface area (Å²) in [5, 5.41) is 5.74. The van der Waals surface area contributed by atoms with E-state index in [1.807, 2.05) is 0 Å². The van der Waals surface area contributed by atoms with Crippen molar-refractivity contribution in [3.63, 3.8) is 0 Å². The molecule has 110 valence electrons. The number of hydrogen-bond acceptors (Lipinski definition) is 5. The lowest BCUT2D eigenvalue weighted by atomic mass is 10.3. The fraction of sp³-hybridized carbons (Fsp3) is 1.00. The van der Waals surface area contributed by atoms with Crippen molar-refractivity contribution in [1.29, 1.82) is 0 Å². The van der Waals surface area contributed by atoms with Gasteiger partial charge in [0.25, 0.3) is 0 Å². The Kier molecular flexibility index (Phi) is 12.5. The minimum absolute atomic E-state index is 0. The van der Waals surface area contributed by atoms with Crippen LogP contribution in [-0.4, -0.2) is 47.8 Å². The van der Waals surface area contributed by atoms with E-state index in [1.165, 1.54) is 0 Å². The standard InChI is InChI=1S/C4H13NO7P2.3H2O/c5-3-1-2-4(6,13(7,8)9)14(10,11)12;;;/h6H,1-3,5H2,(H2,7,8,9)(H2,10,11,12);3*1H2/p-1. The SMILES string of the molecule is NCCCC(O)(P(=O)([O-])O)P(=O)(O)O.O.O.O. The number of hydrogen-bond donors (Lipinski definition) is 5. The van der Waals surface area contributed by atoms with Gasteiger partial charge in [-0.2, -0.15) is 0 Å². The minimum atomic E-state index is -5.55. The van der Waals surface area contributed by atoms with E-state index in [0.29, 0.717) is 0 Å². The lowest BCUT2D eigenvalue weighted by molar-refractivity contribution is -0.206. The summed E-state index contributed by atoms with van der Waals surface area (Å²) in [6.07, 6.45) is -0.959. The van der Waals surface area contributed by atoms with Crippen molar-refractivity contribution in [3.05, 3.63) is 0 Å². The van der Waals surface area contributed by atoms with Gasteiger partial charge in [0.1, 0.15) is 0 Å². The van der Waals surface area contributed by atoms with Gasteiger partial charge in [0.05, 0.1) is 0 Å². The maximum Gasteiger partial charge on any atom is 0.365 e. The molecular weight excluding hydrogens is 284 g/mol. The molecule has 0 bridgehead atoms. The second-order valence-corrected chi connectivity index (χ2v) is 6.69. The first-order chi connectivity index (χ1) is 6.06. The lowest BCUT2D eigenvalue weighted by Gasteiger charge is -2.36. The molecule has 0 aromatic heterocycles. The Morgan fingerprint density at radius 1 is 1.12 bits per heavy atom. The van der Waals surface area contributed by atoms with Gasteiger partial charge in [0.2, 0.25) is 5.08 Å². The summed E-state index contributed by atoms with van der Waals surface area (Å²) in [7, 11) is -10.9. The van der Waals surface area contributed by atoms with Gasteiger partial charge >= 0.3 is 7.60 Å². The van der Waals surface area contributed by atoms with E-state index < -0.39 is 26.7 Å². The Morgan fingerprint density at radius 3 is 1.65 bits per heavy atom. The molecule has 0 aliphatic rings. The first kappa shape index (κ1) is 25.8. The minimum Gasteiger partial charge on any atom is -0.776 e. The third-order valence-corrected chi connectivity index (χ3v) is 5.46. The lowest BCUT2D eigenvalue weighted by Crippen LogP contribution is -2.34. The number of rotatable bonds is 5. The van der Waals surface area contributed by atoms with Crippen LogP contribution < -0.4 is 10.6 Å². The maximum atomic E-state index is 10.7. The molecule has 11 nitrogen and oxygen atoms in total. The highest BCUT2D eigenvalue weighted by molar-refractivity contribution is 7.71. The molecule has 0 aromatic rings. The van der Waals surface area contributed by atoms with Gasteiger partial charge in [-0.15, -0.1) is 0 Å². The van der Waals surface area contributed by atoms with Gasteiger partial charge in [-0.25, -0.2) is 0 Å². The Balaban J connectivity index is -0.000000282. The number of nitrogens with two attached hydrogens (primary N) is 1. The van der Waals surface area contributed by atoms with Crippen LogP contribution in [0.1, 0.15) is 12.8 Å². The summed E-state index contributed by atoms with van der Waals surface area (Å²) in [4.78, 5) is 36.3. The molecule has 0 aliphatic heterocycles. The molecule has 0 rings (SSSR count). The van der Waals surface area contributed by atoms with Gasteiger partial charge in [-0.3, -0.25) is 4.57 Å². The Labute approximate surface area is 96.5 Å². The molecule has 13 heteroatoms. The fourth-order valence-electron chi connectivity index (χ4n) is 0.791. The molecule has 0 radical (unpaired) electrons. The van der Waals surface area contributed by atoms with Crippen LogP contribution in [0.2, 0.25) is 0 Å². The second kappa shape index (κ2) is 8.25. The van der Waals surface area contributed by atoms with E-state index in [4.69, 9.17) is 20.4 Å². The van der Waals surface area contributed by atoms with Crippen LogP contribution >= 0.6 is 15.2 Å². The molecule has 0 spiro atoms. The molecule has 17 heavy (non-hydrogen) atoms. The normalized spacial score (nSPS) is 17.5. The Bertz CT molecular complexity index is 260. The molecule has 0 heterocycles. The van der Waals surface area contributed by atoms with Crippen molar-refractivity contribution < 1.29 is 50.2 Å². The van der Waals surface area contributed by atoms with Gasteiger partial charge < -0.3 is 51.4 Å². The van der Waals surface area contributed by atoms with Crippen molar-refractivity contribution in [2.24, 2.45) is 5.73 Å². The van der Waals surface area contributed by atoms with Crippen LogP contribution in [-0.2, 0) is 9.13 Å². The smallest absolute Gasteiger partial charge is 0.365 e. The van der Waals surface area contributed by atoms with Crippen molar-refractivity contribution in [2.45, 2.75) is 17.9 Å². The highest BCUT2D eigenvalue weighted by Crippen LogP contribution is 2.67. The summed E-state index contributed by atoms with van der Waals surface area (Å²) in [6.45, 7) is -0.0672. The summed E-state index contributed by atoms with van der Waals surface area (Å²) in [5.41, 5.74) is 4.98. The fourth-order valence-corrected chi connectivity index (χ4v) is 3.00. The average Bonchev–Trinajstić information content (AvgIpc) is 1.95. The highest BCUT2D eigenvalue weighted by atomic mass is 31.2. The molecule has 0 fully saturated rings. The molecule has 2 unspecified atom stereocenters. The zero-order valence-electron chi connectivity index (χ0n) is 8.61. The predicted octanol–water partition coefficient (Wildman–Crippen LogP) is -4.38. The van der Waals surface area contributed by atoms with E-state index >= 15 is 0 Å². The number of aliphatic hydroxyl groups is 1. The van der Waals surface area contributed by atoms with Crippen molar-refractivity contribution in [3.8, 4) is 0 Å². The van der Waals surface area contributed by atoms with Crippen molar-refractivity contribution in [1.82, 2.24) is 0 Å². The first-order valence-corrected chi connectivity index (χ1v) is 6.77. The summed E-state index contributed by atoms with van der Waals surface area (Å²) < 4.78 is 21.3. The first-order valence-electron chi connectivity index (χ1n) is 3.58. The molecule has 0 saturated heterocycles. The molecule has 12 N–H and O–H groups in total. The van der Waals surface area contributed by atoms with E-state index in [2.05, 4.69) is 0 Å². The van der Waals surface area contributed by atoms with E-state index in [0.717, 1.165) is 0 Å². The summed E-state index contributed by atoms with van der Waals surface area (Å²) in [5.74, 6) is 0. The zero-order chi connectivity index (χ0) is 11.6. The van der Waals surface area contributed by atoms with Crippen LogP contribution in [0.25, 0.3) is 0 Å². The van der Waals surface area contributed by atoms with Gasteiger partial charge in [0, 0.05) is 0 Å². The largest absolute Gasteiger partial charge is 0.776 e. The van der Waals surface area contributed by atoms with E-state index in [1.54, 1.807) is 0 Å². The van der Waals surface area contributed by atoms with E-state index in [-0.39, 0.29) is 29.4 Å². The highest BCUT2D eigenvalue weighted by Gasteiger charge is 2.52.